The summed E-state index contributed by atoms with van der Waals surface area (Å²) in [5.41, 5.74) is 0.875. The number of rotatable bonds is 7. The van der Waals surface area contributed by atoms with Crippen LogP contribution < -0.4 is 0 Å². The molecule has 2 rings (SSSR count). The molecule has 0 aromatic heterocycles. The molecule has 0 spiro atoms. The van der Waals surface area contributed by atoms with Gasteiger partial charge < -0.3 is 9.64 Å². The number of carbonyl (C=O) groups excluding carboxylic acids is 3. The third-order valence-electron chi connectivity index (χ3n) is 4.61. The molecular formula is C20H25NO4. The van der Waals surface area contributed by atoms with Crippen LogP contribution in [0.2, 0.25) is 0 Å². The van der Waals surface area contributed by atoms with Gasteiger partial charge in [0.05, 0.1) is 18.6 Å². The number of Topliss-reactive ketones (excluding diaryl/α,β-unsaturated/α-hetero) is 2. The molecule has 0 bridgehead atoms. The Bertz CT molecular complexity index is 716. The van der Waals surface area contributed by atoms with Crippen LogP contribution >= 0.6 is 0 Å². The number of nitrogens with zero attached hydrogens (tertiary/aromatic N) is 1. The first-order valence-electron chi connectivity index (χ1n) is 8.77. The summed E-state index contributed by atoms with van der Waals surface area (Å²) in [6, 6.07) is 6.69. The third-order valence-corrected chi connectivity index (χ3v) is 4.61. The van der Waals surface area contributed by atoms with Crippen LogP contribution in [-0.2, 0) is 9.53 Å². The molecule has 0 heterocycles. The Labute approximate surface area is 148 Å². The summed E-state index contributed by atoms with van der Waals surface area (Å²) < 4.78 is 5.31. The minimum absolute atomic E-state index is 0.00246. The van der Waals surface area contributed by atoms with Crippen LogP contribution in [0.3, 0.4) is 0 Å². The lowest BCUT2D eigenvalue weighted by Gasteiger charge is -2.29. The van der Waals surface area contributed by atoms with Crippen LogP contribution in [0.5, 0.6) is 0 Å². The molecule has 1 unspecified atom stereocenters. The number of allylic oxidation sites excluding steroid dienone is 1. The van der Waals surface area contributed by atoms with Gasteiger partial charge in [-0.25, -0.2) is 0 Å². The predicted molar refractivity (Wildman–Crippen MR) is 95.5 cm³/mol. The van der Waals surface area contributed by atoms with Crippen molar-refractivity contribution in [3.8, 4) is 0 Å². The number of ketones is 2. The van der Waals surface area contributed by atoms with Crippen molar-refractivity contribution in [1.29, 1.82) is 0 Å². The first-order valence-corrected chi connectivity index (χ1v) is 8.77. The summed E-state index contributed by atoms with van der Waals surface area (Å²) >= 11 is 0. The summed E-state index contributed by atoms with van der Waals surface area (Å²) in [5.74, 6) is -1.41. The van der Waals surface area contributed by atoms with Crippen molar-refractivity contribution in [2.45, 2.75) is 33.6 Å². The molecule has 1 aliphatic rings. The van der Waals surface area contributed by atoms with Crippen molar-refractivity contribution in [1.82, 2.24) is 4.90 Å². The van der Waals surface area contributed by atoms with E-state index in [-0.39, 0.29) is 28.8 Å². The lowest BCUT2D eigenvalue weighted by atomic mass is 9.80. The Morgan fingerprint density at radius 2 is 1.60 bits per heavy atom. The number of amides is 1. The standard InChI is InChI=1S/C20H25NO4/c1-5-10-15(20(24)21(6-2)7-3)16-17(22)13-11-8-9-12-14(13)18(23)19(16)25-4/h8-9,11-12,15H,5-7,10H2,1-4H3. The van der Waals surface area contributed by atoms with E-state index in [9.17, 15) is 14.4 Å². The van der Waals surface area contributed by atoms with Crippen LogP contribution in [0.25, 0.3) is 0 Å². The van der Waals surface area contributed by atoms with Crippen molar-refractivity contribution < 1.29 is 19.1 Å². The van der Waals surface area contributed by atoms with Crippen LogP contribution in [0.4, 0.5) is 0 Å². The molecule has 0 N–H and O–H groups in total. The molecule has 0 fully saturated rings. The van der Waals surface area contributed by atoms with Gasteiger partial charge in [-0.2, -0.15) is 0 Å². The fourth-order valence-electron chi connectivity index (χ4n) is 3.33. The lowest BCUT2D eigenvalue weighted by molar-refractivity contribution is -0.134. The van der Waals surface area contributed by atoms with Gasteiger partial charge in [-0.15, -0.1) is 0 Å². The Hall–Kier alpha value is -2.43. The molecule has 0 aliphatic heterocycles. The van der Waals surface area contributed by atoms with Crippen LogP contribution in [-0.4, -0.2) is 42.6 Å². The average Bonchev–Trinajstić information content (AvgIpc) is 2.63. The fourth-order valence-corrected chi connectivity index (χ4v) is 3.33. The Morgan fingerprint density at radius 1 is 1.04 bits per heavy atom. The third kappa shape index (κ3) is 3.36. The van der Waals surface area contributed by atoms with Gasteiger partial charge in [0.2, 0.25) is 11.7 Å². The van der Waals surface area contributed by atoms with E-state index < -0.39 is 5.92 Å². The van der Waals surface area contributed by atoms with E-state index in [0.29, 0.717) is 30.6 Å². The highest BCUT2D eigenvalue weighted by atomic mass is 16.5. The molecule has 134 valence electrons. The average molecular weight is 343 g/mol. The zero-order valence-corrected chi connectivity index (χ0v) is 15.3. The number of methoxy groups -OCH3 is 1. The maximum absolute atomic E-state index is 13.1. The quantitative estimate of drug-likeness (QED) is 0.762. The van der Waals surface area contributed by atoms with Crippen molar-refractivity contribution in [3.05, 3.63) is 46.7 Å². The van der Waals surface area contributed by atoms with Crippen LogP contribution in [0, 0.1) is 5.92 Å². The van der Waals surface area contributed by atoms with Crippen molar-refractivity contribution >= 4 is 17.5 Å². The van der Waals surface area contributed by atoms with E-state index in [2.05, 4.69) is 0 Å². The molecule has 5 nitrogen and oxygen atoms in total. The summed E-state index contributed by atoms with van der Waals surface area (Å²) in [6.45, 7) is 6.88. The zero-order valence-electron chi connectivity index (χ0n) is 15.3. The van der Waals surface area contributed by atoms with E-state index in [1.54, 1.807) is 29.2 Å². The minimum Gasteiger partial charge on any atom is -0.492 e. The number of ether oxygens (including phenoxy) is 1. The second-order valence-electron chi connectivity index (χ2n) is 6.00. The highest BCUT2D eigenvalue weighted by Gasteiger charge is 2.40. The summed E-state index contributed by atoms with van der Waals surface area (Å²) in [5, 5.41) is 0. The van der Waals surface area contributed by atoms with Gasteiger partial charge in [0.1, 0.15) is 0 Å². The van der Waals surface area contributed by atoms with Gasteiger partial charge in [0.25, 0.3) is 0 Å². The maximum Gasteiger partial charge on any atom is 0.230 e. The van der Waals surface area contributed by atoms with Gasteiger partial charge in [-0.05, 0) is 20.3 Å². The Kier molecular flexibility index (Phi) is 6.12. The van der Waals surface area contributed by atoms with Crippen LogP contribution in [0.15, 0.2) is 35.6 Å². The number of benzene rings is 1. The van der Waals surface area contributed by atoms with Gasteiger partial charge in [-0.3, -0.25) is 14.4 Å². The van der Waals surface area contributed by atoms with E-state index in [1.165, 1.54) is 7.11 Å². The maximum atomic E-state index is 13.1. The van der Waals surface area contributed by atoms with E-state index in [4.69, 9.17) is 4.74 Å². The molecule has 5 heteroatoms. The van der Waals surface area contributed by atoms with Crippen molar-refractivity contribution in [3.63, 3.8) is 0 Å². The topological polar surface area (TPSA) is 63.7 Å². The summed E-state index contributed by atoms with van der Waals surface area (Å²) in [4.78, 5) is 40.6. The Morgan fingerprint density at radius 3 is 2.08 bits per heavy atom. The zero-order chi connectivity index (χ0) is 18.6. The molecule has 0 radical (unpaired) electrons. The molecule has 25 heavy (non-hydrogen) atoms. The second-order valence-corrected chi connectivity index (χ2v) is 6.00. The lowest BCUT2D eigenvalue weighted by Crippen LogP contribution is -2.40. The first-order chi connectivity index (χ1) is 12.0. The van der Waals surface area contributed by atoms with E-state index >= 15 is 0 Å². The predicted octanol–water partition coefficient (Wildman–Crippen LogP) is 3.25. The molecular weight excluding hydrogens is 318 g/mol. The minimum atomic E-state index is -0.662. The van der Waals surface area contributed by atoms with Gasteiger partial charge in [0, 0.05) is 24.2 Å². The number of fused-ring (bicyclic) bond motifs is 1. The van der Waals surface area contributed by atoms with Gasteiger partial charge in [0.15, 0.2) is 11.5 Å². The number of hydrogen-bond acceptors (Lipinski definition) is 4. The molecule has 1 aliphatic carbocycles. The molecule has 1 aromatic carbocycles. The second kappa shape index (κ2) is 8.10. The molecule has 1 aromatic rings. The summed E-state index contributed by atoms with van der Waals surface area (Å²) in [7, 11) is 1.37. The van der Waals surface area contributed by atoms with Crippen molar-refractivity contribution in [2.24, 2.45) is 5.92 Å². The summed E-state index contributed by atoms with van der Waals surface area (Å²) in [6.07, 6.45) is 1.22. The smallest absolute Gasteiger partial charge is 0.230 e. The highest BCUT2D eigenvalue weighted by Crippen LogP contribution is 2.33. The first kappa shape index (κ1) is 18.9. The van der Waals surface area contributed by atoms with Gasteiger partial charge in [-0.1, -0.05) is 37.6 Å². The normalized spacial score (nSPS) is 15.0. The fraction of sp³-hybridized carbons (Fsp3) is 0.450. The van der Waals surface area contributed by atoms with Crippen molar-refractivity contribution in [2.75, 3.05) is 20.2 Å². The van der Waals surface area contributed by atoms with Gasteiger partial charge >= 0.3 is 0 Å². The molecule has 0 saturated carbocycles. The van der Waals surface area contributed by atoms with E-state index in [0.717, 1.165) is 6.42 Å². The molecule has 1 atom stereocenters. The highest BCUT2D eigenvalue weighted by molar-refractivity contribution is 6.27. The number of hydrogen-bond donors (Lipinski definition) is 0. The molecule has 1 amide bonds. The Balaban J connectivity index is 2.60. The molecule has 0 saturated heterocycles. The monoisotopic (exact) mass is 343 g/mol. The van der Waals surface area contributed by atoms with Crippen LogP contribution in [0.1, 0.15) is 54.3 Å². The SMILES string of the molecule is CCCC(C(=O)N(CC)CC)C1=C(OC)C(=O)c2ccccc2C1=O. The largest absolute Gasteiger partial charge is 0.492 e. The van der Waals surface area contributed by atoms with E-state index in [1.807, 2.05) is 20.8 Å². The number of carbonyl (C=O) groups is 3.